The first-order chi connectivity index (χ1) is 15.5. The molecule has 0 saturated carbocycles. The van der Waals surface area contributed by atoms with Crippen LogP contribution in [0, 0.1) is 0 Å². The number of fused-ring (bicyclic) bond motifs is 1. The van der Waals surface area contributed by atoms with Crippen LogP contribution in [0.5, 0.6) is 5.88 Å². The van der Waals surface area contributed by atoms with Crippen molar-refractivity contribution in [2.75, 3.05) is 38.6 Å². The Morgan fingerprint density at radius 3 is 2.97 bits per heavy atom. The molecule has 1 unspecified atom stereocenters. The fourth-order valence-corrected chi connectivity index (χ4v) is 5.02. The van der Waals surface area contributed by atoms with Crippen molar-refractivity contribution in [3.05, 3.63) is 47.4 Å². The smallest absolute Gasteiger partial charge is 0.305 e. The van der Waals surface area contributed by atoms with Crippen molar-refractivity contribution in [3.8, 4) is 5.88 Å². The lowest BCUT2D eigenvalue weighted by Gasteiger charge is -2.32. The molecule has 2 atom stereocenters. The summed E-state index contributed by atoms with van der Waals surface area (Å²) in [5, 5.41) is 12.9. The average Bonchev–Trinajstić information content (AvgIpc) is 3.17. The van der Waals surface area contributed by atoms with Gasteiger partial charge in [-0.15, -0.1) is 12.6 Å². The van der Waals surface area contributed by atoms with Gasteiger partial charge in [-0.2, -0.15) is 0 Å². The Balaban J connectivity index is 1.36. The minimum Gasteiger partial charge on any atom is -0.481 e. The molecular formula is C23H31N5O3S. The summed E-state index contributed by atoms with van der Waals surface area (Å²) in [6.45, 7) is 3.54. The maximum atomic E-state index is 11.6. The van der Waals surface area contributed by atoms with E-state index in [-0.39, 0.29) is 18.0 Å². The van der Waals surface area contributed by atoms with E-state index >= 15 is 0 Å². The number of ether oxygens (including phenoxy) is 1. The number of nitrogens with one attached hydrogen (secondary N) is 1. The van der Waals surface area contributed by atoms with Crippen molar-refractivity contribution in [1.29, 1.82) is 0 Å². The number of nitrogens with zero attached hydrogens (tertiary/aromatic N) is 4. The van der Waals surface area contributed by atoms with E-state index in [1.165, 1.54) is 11.4 Å². The largest absolute Gasteiger partial charge is 0.481 e. The molecule has 172 valence electrons. The van der Waals surface area contributed by atoms with Gasteiger partial charge >= 0.3 is 5.97 Å². The van der Waals surface area contributed by atoms with E-state index < -0.39 is 5.97 Å². The normalized spacial score (nSPS) is 19.9. The maximum absolute atomic E-state index is 11.6. The molecule has 32 heavy (non-hydrogen) atoms. The zero-order chi connectivity index (χ0) is 22.5. The lowest BCUT2D eigenvalue weighted by Crippen LogP contribution is -2.38. The van der Waals surface area contributed by atoms with Gasteiger partial charge in [0.1, 0.15) is 5.50 Å². The monoisotopic (exact) mass is 457 g/mol. The Bertz CT molecular complexity index is 926. The molecule has 9 heteroatoms. The Kier molecular flexibility index (Phi) is 7.49. The van der Waals surface area contributed by atoms with Crippen molar-refractivity contribution >= 4 is 24.3 Å². The summed E-state index contributed by atoms with van der Waals surface area (Å²) in [6, 6.07) is 7.64. The third kappa shape index (κ3) is 5.33. The van der Waals surface area contributed by atoms with Crippen LogP contribution in [0.3, 0.4) is 0 Å². The number of hydrogen-bond donors (Lipinski definition) is 3. The Hall–Kier alpha value is -2.36. The second-order valence-electron chi connectivity index (χ2n) is 8.30. The third-order valence-electron chi connectivity index (χ3n) is 6.21. The number of thiol groups is 1. The molecule has 0 radical (unpaired) electrons. The number of rotatable bonds is 9. The average molecular weight is 458 g/mol. The highest BCUT2D eigenvalue weighted by Gasteiger charge is 2.35. The van der Waals surface area contributed by atoms with Crippen LogP contribution in [0.25, 0.3) is 0 Å². The van der Waals surface area contributed by atoms with Crippen molar-refractivity contribution in [2.45, 2.75) is 43.6 Å². The van der Waals surface area contributed by atoms with Crippen LogP contribution in [-0.4, -0.2) is 69.6 Å². The Morgan fingerprint density at radius 2 is 2.22 bits per heavy atom. The van der Waals surface area contributed by atoms with Gasteiger partial charge in [-0.25, -0.2) is 4.98 Å². The molecule has 2 N–H and O–H groups in total. The van der Waals surface area contributed by atoms with E-state index in [0.29, 0.717) is 5.88 Å². The number of carboxylic acid groups (broad SMARTS) is 1. The lowest BCUT2D eigenvalue weighted by atomic mass is 10.0. The highest BCUT2D eigenvalue weighted by molar-refractivity contribution is 7.80. The predicted molar refractivity (Wildman–Crippen MR) is 126 cm³/mol. The molecule has 1 fully saturated rings. The second kappa shape index (κ2) is 10.5. The van der Waals surface area contributed by atoms with Crippen molar-refractivity contribution in [1.82, 2.24) is 19.8 Å². The zero-order valence-corrected chi connectivity index (χ0v) is 19.3. The molecule has 0 aliphatic carbocycles. The number of carboxylic acids is 1. The van der Waals surface area contributed by atoms with Crippen molar-refractivity contribution in [3.63, 3.8) is 0 Å². The quantitative estimate of drug-likeness (QED) is 0.495. The molecule has 4 heterocycles. The minimum atomic E-state index is -0.835. The summed E-state index contributed by atoms with van der Waals surface area (Å²) >= 11 is 4.85. The summed E-state index contributed by atoms with van der Waals surface area (Å²) in [5.41, 5.74) is 4.20. The molecule has 8 nitrogen and oxygen atoms in total. The number of aromatic nitrogens is 2. The van der Waals surface area contributed by atoms with Crippen LogP contribution < -0.4 is 10.1 Å². The van der Waals surface area contributed by atoms with Gasteiger partial charge < -0.3 is 15.2 Å². The predicted octanol–water partition coefficient (Wildman–Crippen LogP) is 2.82. The second-order valence-corrected chi connectivity index (χ2v) is 8.76. The van der Waals surface area contributed by atoms with E-state index in [4.69, 9.17) is 22.3 Å². The topological polar surface area (TPSA) is 90.8 Å². The number of carbonyl (C=O) groups is 1. The fourth-order valence-electron chi connectivity index (χ4n) is 4.51. The van der Waals surface area contributed by atoms with E-state index in [1.54, 1.807) is 19.4 Å². The summed E-state index contributed by atoms with van der Waals surface area (Å²) < 4.78 is 5.13. The van der Waals surface area contributed by atoms with E-state index in [9.17, 15) is 9.90 Å². The summed E-state index contributed by atoms with van der Waals surface area (Å²) in [5.74, 6) is -0.322. The van der Waals surface area contributed by atoms with Crippen LogP contribution in [0.2, 0.25) is 0 Å². The number of hydrogen-bond acceptors (Lipinski definition) is 8. The van der Waals surface area contributed by atoms with Crippen LogP contribution in [0.4, 0.5) is 5.69 Å². The highest BCUT2D eigenvalue weighted by Crippen LogP contribution is 2.32. The van der Waals surface area contributed by atoms with Gasteiger partial charge in [0.15, 0.2) is 0 Å². The standard InChI is InChI=1S/C23H31N5O3S/c1-31-21-9-6-16(15-25-21)20(14-22(29)30)28-13-12-27(23(28)32)11-3-4-17-7-8-18-19(26-17)5-2-10-24-18/h6-9,15,20,23-24,32H,2-5,10-14H2,1H3,(H,29,30)/t20-,23?/m0/s1. The van der Waals surface area contributed by atoms with E-state index in [2.05, 4.69) is 32.2 Å². The molecule has 2 aromatic heterocycles. The molecule has 1 saturated heterocycles. The van der Waals surface area contributed by atoms with E-state index in [0.717, 1.165) is 63.1 Å². The molecule has 4 rings (SSSR count). The number of anilines is 1. The molecule has 0 aromatic carbocycles. The molecule has 2 aliphatic heterocycles. The van der Waals surface area contributed by atoms with Gasteiger partial charge in [-0.05, 0) is 43.4 Å². The van der Waals surface area contributed by atoms with Gasteiger partial charge in [0, 0.05) is 50.2 Å². The number of aryl methyl sites for hydroxylation is 2. The number of aliphatic carboxylic acids is 1. The minimum absolute atomic E-state index is 0.00594. The first-order valence-electron chi connectivity index (χ1n) is 11.2. The summed E-state index contributed by atoms with van der Waals surface area (Å²) in [6.07, 6.45) is 5.79. The van der Waals surface area contributed by atoms with Gasteiger partial charge in [-0.3, -0.25) is 19.6 Å². The number of pyridine rings is 2. The molecule has 0 bridgehead atoms. The lowest BCUT2D eigenvalue weighted by molar-refractivity contribution is -0.138. The van der Waals surface area contributed by atoms with Crippen LogP contribution in [-0.2, 0) is 17.6 Å². The summed E-state index contributed by atoms with van der Waals surface area (Å²) in [7, 11) is 1.56. The van der Waals surface area contributed by atoms with Crippen molar-refractivity contribution in [2.24, 2.45) is 0 Å². The third-order valence-corrected chi connectivity index (χ3v) is 6.83. The van der Waals surface area contributed by atoms with Crippen LogP contribution >= 0.6 is 12.6 Å². The Morgan fingerprint density at radius 1 is 1.34 bits per heavy atom. The fraction of sp³-hybridized carbons (Fsp3) is 0.522. The number of methoxy groups -OCH3 is 1. The van der Waals surface area contributed by atoms with E-state index in [1.807, 2.05) is 6.07 Å². The molecule has 2 aromatic rings. The van der Waals surface area contributed by atoms with Crippen molar-refractivity contribution < 1.29 is 14.6 Å². The van der Waals surface area contributed by atoms with Gasteiger partial charge in [0.05, 0.1) is 24.9 Å². The maximum Gasteiger partial charge on any atom is 0.305 e. The molecular weight excluding hydrogens is 426 g/mol. The first-order valence-corrected chi connectivity index (χ1v) is 11.7. The summed E-state index contributed by atoms with van der Waals surface area (Å²) in [4.78, 5) is 25.1. The molecule has 0 spiro atoms. The first kappa shape index (κ1) is 22.8. The van der Waals surface area contributed by atoms with Crippen LogP contribution in [0.1, 0.15) is 42.3 Å². The zero-order valence-electron chi connectivity index (χ0n) is 18.4. The van der Waals surface area contributed by atoms with Gasteiger partial charge in [0.2, 0.25) is 5.88 Å². The highest BCUT2D eigenvalue weighted by atomic mass is 32.1. The Labute approximate surface area is 194 Å². The SMILES string of the molecule is COc1ccc([C@H](CC(=O)O)N2CCN(CCCc3ccc4c(n3)CCCN4)C2S)cn1. The molecule has 0 amide bonds. The van der Waals surface area contributed by atoms with Gasteiger partial charge in [-0.1, -0.05) is 6.07 Å². The van der Waals surface area contributed by atoms with Gasteiger partial charge in [0.25, 0.3) is 0 Å². The van der Waals surface area contributed by atoms with Crippen LogP contribution in [0.15, 0.2) is 30.5 Å². The molecule has 2 aliphatic rings.